The molecule has 5 heteroatoms. The van der Waals surface area contributed by atoms with Gasteiger partial charge in [0.05, 0.1) is 13.3 Å². The Bertz CT molecular complexity index is 534. The van der Waals surface area contributed by atoms with Crippen LogP contribution >= 0.6 is 0 Å². The molecule has 1 heterocycles. The van der Waals surface area contributed by atoms with Crippen molar-refractivity contribution >= 4 is 5.97 Å². The summed E-state index contributed by atoms with van der Waals surface area (Å²) in [5.74, 6) is 0.387. The number of aromatic carboxylic acids is 1. The lowest BCUT2D eigenvalue weighted by Crippen LogP contribution is -1.97. The van der Waals surface area contributed by atoms with Crippen LogP contribution in [-0.4, -0.2) is 28.2 Å². The van der Waals surface area contributed by atoms with Gasteiger partial charge in [-0.25, -0.2) is 9.78 Å². The summed E-state index contributed by atoms with van der Waals surface area (Å²) in [6, 6.07) is 7.57. The van der Waals surface area contributed by atoms with E-state index >= 15 is 0 Å². The van der Waals surface area contributed by atoms with Crippen LogP contribution in [0.25, 0.3) is 0 Å². The summed E-state index contributed by atoms with van der Waals surface area (Å²) in [4.78, 5) is 17.4. The molecule has 1 aromatic heterocycles. The van der Waals surface area contributed by atoms with Gasteiger partial charge in [-0.2, -0.15) is 0 Å². The van der Waals surface area contributed by atoms with Crippen LogP contribution in [0.4, 0.5) is 0 Å². The van der Waals surface area contributed by atoms with E-state index in [1.165, 1.54) is 6.20 Å². The monoisotopic (exact) mass is 232 g/mol. The molecule has 0 unspecified atom stereocenters. The molecule has 0 atom stereocenters. The number of ether oxygens (including phenoxy) is 1. The van der Waals surface area contributed by atoms with E-state index in [-0.39, 0.29) is 5.69 Å². The number of methoxy groups -OCH3 is 1. The van der Waals surface area contributed by atoms with E-state index in [2.05, 4.69) is 9.97 Å². The van der Waals surface area contributed by atoms with Crippen LogP contribution in [0, 0.1) is 0 Å². The first-order valence-corrected chi connectivity index (χ1v) is 5.09. The molecule has 17 heavy (non-hydrogen) atoms. The molecule has 0 aliphatic rings. The van der Waals surface area contributed by atoms with Gasteiger partial charge in [0.2, 0.25) is 0 Å². The number of aromatic nitrogens is 2. The quantitative estimate of drug-likeness (QED) is 0.841. The van der Waals surface area contributed by atoms with Crippen molar-refractivity contribution in [2.45, 2.75) is 6.42 Å². The fraction of sp³-hybridized carbons (Fsp3) is 0.167. The van der Waals surface area contributed by atoms with Crippen LogP contribution in [0.3, 0.4) is 0 Å². The number of imidazole rings is 1. The summed E-state index contributed by atoms with van der Waals surface area (Å²) in [5.41, 5.74) is 1.11. The van der Waals surface area contributed by atoms with Crippen molar-refractivity contribution in [1.82, 2.24) is 9.97 Å². The number of hydrogen-bond acceptors (Lipinski definition) is 3. The predicted molar refractivity (Wildman–Crippen MR) is 61.3 cm³/mol. The third-order valence-electron chi connectivity index (χ3n) is 2.36. The Hall–Kier alpha value is -2.30. The molecule has 2 aromatic rings. The molecule has 0 bridgehead atoms. The van der Waals surface area contributed by atoms with Gasteiger partial charge in [0.15, 0.2) is 0 Å². The lowest BCUT2D eigenvalue weighted by molar-refractivity contribution is 0.0691. The van der Waals surface area contributed by atoms with E-state index in [1.807, 2.05) is 24.3 Å². The fourth-order valence-electron chi connectivity index (χ4n) is 1.54. The van der Waals surface area contributed by atoms with Gasteiger partial charge in [0, 0.05) is 6.42 Å². The lowest BCUT2D eigenvalue weighted by Gasteiger charge is -2.02. The van der Waals surface area contributed by atoms with Crippen LogP contribution in [0.15, 0.2) is 30.5 Å². The number of nitrogens with one attached hydrogen (secondary N) is 1. The van der Waals surface area contributed by atoms with Crippen LogP contribution in [0.2, 0.25) is 0 Å². The molecule has 0 aliphatic heterocycles. The zero-order valence-corrected chi connectivity index (χ0v) is 9.30. The summed E-state index contributed by atoms with van der Waals surface area (Å²) < 4.78 is 5.11. The zero-order valence-electron chi connectivity index (χ0n) is 9.30. The fourth-order valence-corrected chi connectivity index (χ4v) is 1.54. The summed E-state index contributed by atoms with van der Waals surface area (Å²) in [6.45, 7) is 0. The van der Waals surface area contributed by atoms with Crippen molar-refractivity contribution in [3.8, 4) is 5.75 Å². The van der Waals surface area contributed by atoms with Crippen molar-refractivity contribution in [3.63, 3.8) is 0 Å². The topological polar surface area (TPSA) is 75.2 Å². The third kappa shape index (κ3) is 2.63. The van der Waals surface area contributed by atoms with Gasteiger partial charge >= 0.3 is 5.97 Å². The molecule has 0 amide bonds. The highest BCUT2D eigenvalue weighted by molar-refractivity contribution is 5.85. The van der Waals surface area contributed by atoms with Crippen LogP contribution in [0.5, 0.6) is 5.75 Å². The third-order valence-corrected chi connectivity index (χ3v) is 2.36. The number of rotatable bonds is 4. The van der Waals surface area contributed by atoms with E-state index in [0.29, 0.717) is 12.2 Å². The Morgan fingerprint density at radius 1 is 1.53 bits per heavy atom. The number of nitrogens with zero attached hydrogens (tertiary/aromatic N) is 1. The molecule has 0 aliphatic carbocycles. The van der Waals surface area contributed by atoms with Crippen molar-refractivity contribution in [1.29, 1.82) is 0 Å². The Balaban J connectivity index is 2.16. The average Bonchev–Trinajstić information content (AvgIpc) is 2.78. The van der Waals surface area contributed by atoms with Crippen molar-refractivity contribution in [3.05, 3.63) is 47.5 Å². The maximum Gasteiger partial charge on any atom is 0.353 e. The summed E-state index contributed by atoms with van der Waals surface area (Å²) in [7, 11) is 1.61. The smallest absolute Gasteiger partial charge is 0.353 e. The molecular weight excluding hydrogens is 220 g/mol. The normalized spacial score (nSPS) is 10.2. The molecule has 0 saturated heterocycles. The first-order valence-electron chi connectivity index (χ1n) is 5.09. The zero-order chi connectivity index (χ0) is 12.3. The second-order valence-electron chi connectivity index (χ2n) is 3.58. The standard InChI is InChI=1S/C12H12N2O3/c1-17-9-4-2-3-8(5-9)6-11-13-7-10(14-11)12(15)16/h2-5,7H,6H2,1H3,(H,13,14)(H,15,16). The minimum absolute atomic E-state index is 0.0999. The molecule has 0 fully saturated rings. The van der Waals surface area contributed by atoms with E-state index < -0.39 is 5.97 Å². The first-order chi connectivity index (χ1) is 8.19. The van der Waals surface area contributed by atoms with Gasteiger partial charge in [-0.15, -0.1) is 0 Å². The minimum atomic E-state index is -1.01. The second-order valence-corrected chi connectivity index (χ2v) is 3.58. The van der Waals surface area contributed by atoms with Gasteiger partial charge < -0.3 is 14.8 Å². The van der Waals surface area contributed by atoms with Gasteiger partial charge in [0.25, 0.3) is 0 Å². The molecule has 2 N–H and O–H groups in total. The Morgan fingerprint density at radius 2 is 2.35 bits per heavy atom. The number of benzene rings is 1. The Kier molecular flexibility index (Phi) is 3.09. The highest BCUT2D eigenvalue weighted by Gasteiger charge is 2.07. The van der Waals surface area contributed by atoms with E-state index in [4.69, 9.17) is 9.84 Å². The molecular formula is C12H12N2O3. The number of hydrogen-bond donors (Lipinski definition) is 2. The van der Waals surface area contributed by atoms with Gasteiger partial charge in [-0.3, -0.25) is 0 Å². The van der Waals surface area contributed by atoms with Crippen LogP contribution < -0.4 is 4.74 Å². The lowest BCUT2D eigenvalue weighted by atomic mass is 10.1. The molecule has 88 valence electrons. The van der Waals surface area contributed by atoms with Crippen LogP contribution in [-0.2, 0) is 6.42 Å². The number of carboxylic acids is 1. The number of aromatic amines is 1. The van der Waals surface area contributed by atoms with Gasteiger partial charge in [0.1, 0.15) is 17.3 Å². The second kappa shape index (κ2) is 4.69. The highest BCUT2D eigenvalue weighted by atomic mass is 16.5. The molecule has 1 aromatic carbocycles. The Labute approximate surface area is 98.1 Å². The average molecular weight is 232 g/mol. The van der Waals surface area contributed by atoms with Gasteiger partial charge in [-0.1, -0.05) is 12.1 Å². The van der Waals surface area contributed by atoms with Crippen molar-refractivity contribution in [2.24, 2.45) is 0 Å². The molecule has 5 nitrogen and oxygen atoms in total. The van der Waals surface area contributed by atoms with E-state index in [1.54, 1.807) is 7.11 Å². The van der Waals surface area contributed by atoms with Gasteiger partial charge in [-0.05, 0) is 17.7 Å². The van der Waals surface area contributed by atoms with E-state index in [9.17, 15) is 4.79 Å². The Morgan fingerprint density at radius 3 is 3.00 bits per heavy atom. The minimum Gasteiger partial charge on any atom is -0.497 e. The largest absolute Gasteiger partial charge is 0.497 e. The van der Waals surface area contributed by atoms with Crippen LogP contribution in [0.1, 0.15) is 21.9 Å². The maximum atomic E-state index is 10.7. The van der Waals surface area contributed by atoms with Crippen molar-refractivity contribution < 1.29 is 14.6 Å². The van der Waals surface area contributed by atoms with E-state index in [0.717, 1.165) is 11.3 Å². The highest BCUT2D eigenvalue weighted by Crippen LogP contribution is 2.14. The van der Waals surface area contributed by atoms with Crippen molar-refractivity contribution in [2.75, 3.05) is 7.11 Å². The number of carbonyl (C=O) groups is 1. The molecule has 2 rings (SSSR count). The first kappa shape index (κ1) is 11.2. The maximum absolute atomic E-state index is 10.7. The SMILES string of the molecule is COc1cccc(Cc2ncc(C(=O)O)[nH]2)c1. The summed E-state index contributed by atoms with van der Waals surface area (Å²) in [6.07, 6.45) is 1.86. The summed E-state index contributed by atoms with van der Waals surface area (Å²) in [5, 5.41) is 8.76. The summed E-state index contributed by atoms with van der Waals surface area (Å²) >= 11 is 0. The number of H-pyrrole nitrogens is 1. The number of carboxylic acid groups (broad SMARTS) is 1. The predicted octanol–water partition coefficient (Wildman–Crippen LogP) is 1.71. The molecule has 0 spiro atoms. The molecule has 0 saturated carbocycles. The molecule has 0 radical (unpaired) electrons.